The molecule has 0 heterocycles. The third kappa shape index (κ3) is 7.60. The molecular weight excluding hydrogens is 134 g/mol. The van der Waals surface area contributed by atoms with E-state index in [-0.39, 0.29) is 0 Å². The number of hydrogen-bond acceptors (Lipinski definition) is 1. The lowest BCUT2D eigenvalue weighted by molar-refractivity contribution is 0.343. The molecule has 1 nitrogen and oxygen atoms in total. The summed E-state index contributed by atoms with van der Waals surface area (Å²) < 4.78 is 0. The Kier molecular flexibility index (Phi) is 6.24. The van der Waals surface area contributed by atoms with Crippen LogP contribution in [0, 0.1) is 0 Å². The van der Waals surface area contributed by atoms with Crippen molar-refractivity contribution >= 4 is 0 Å². The Balaban J connectivity index is 3.08. The van der Waals surface area contributed by atoms with Crippen molar-refractivity contribution in [3.05, 3.63) is 12.2 Å². The molecule has 0 amide bonds. The molecule has 11 heavy (non-hydrogen) atoms. The highest BCUT2D eigenvalue weighted by atomic mass is 15.1. The fourth-order valence-electron chi connectivity index (χ4n) is 0.967. The predicted molar refractivity (Wildman–Crippen MR) is 51.8 cm³/mol. The summed E-state index contributed by atoms with van der Waals surface area (Å²) in [5.74, 6) is 0. The molecule has 0 aliphatic carbocycles. The molecule has 0 N–H and O–H groups in total. The standard InChI is InChI=1S/C10H21N/c1-5-11(4)9-7-6-8-10(2)3/h2,5-9H2,1,3-4H3. The summed E-state index contributed by atoms with van der Waals surface area (Å²) in [6, 6.07) is 0. The van der Waals surface area contributed by atoms with Crippen LogP contribution in [0.2, 0.25) is 0 Å². The van der Waals surface area contributed by atoms with E-state index >= 15 is 0 Å². The van der Waals surface area contributed by atoms with Gasteiger partial charge < -0.3 is 4.90 Å². The minimum Gasteiger partial charge on any atom is -0.307 e. The maximum atomic E-state index is 3.88. The van der Waals surface area contributed by atoms with E-state index < -0.39 is 0 Å². The maximum absolute atomic E-state index is 3.88. The summed E-state index contributed by atoms with van der Waals surface area (Å²) in [5, 5.41) is 0. The molecule has 0 bridgehead atoms. The number of rotatable bonds is 6. The second kappa shape index (κ2) is 6.41. The van der Waals surface area contributed by atoms with E-state index in [2.05, 4.69) is 32.4 Å². The molecule has 0 fully saturated rings. The average Bonchev–Trinajstić information content (AvgIpc) is 1.97. The summed E-state index contributed by atoms with van der Waals surface area (Å²) in [5.41, 5.74) is 1.31. The van der Waals surface area contributed by atoms with Crippen LogP contribution in [-0.2, 0) is 0 Å². The van der Waals surface area contributed by atoms with Gasteiger partial charge in [0.15, 0.2) is 0 Å². The molecule has 0 aliphatic rings. The molecule has 0 rings (SSSR count). The van der Waals surface area contributed by atoms with Gasteiger partial charge in [0, 0.05) is 0 Å². The number of unbranched alkanes of at least 4 members (excludes halogenated alkanes) is 1. The molecule has 0 unspecified atom stereocenters. The van der Waals surface area contributed by atoms with E-state index in [0.717, 1.165) is 6.54 Å². The largest absolute Gasteiger partial charge is 0.307 e. The van der Waals surface area contributed by atoms with Gasteiger partial charge in [-0.1, -0.05) is 12.5 Å². The smallest absolute Gasteiger partial charge is 0.00218 e. The quantitative estimate of drug-likeness (QED) is 0.421. The number of nitrogens with zero attached hydrogens (tertiary/aromatic N) is 1. The Morgan fingerprint density at radius 2 is 2.00 bits per heavy atom. The maximum Gasteiger partial charge on any atom is -0.00218 e. The molecular formula is C10H21N. The van der Waals surface area contributed by atoms with Crippen LogP contribution in [0.1, 0.15) is 33.1 Å². The molecule has 0 radical (unpaired) electrons. The zero-order valence-corrected chi connectivity index (χ0v) is 8.19. The van der Waals surface area contributed by atoms with Crippen molar-refractivity contribution < 1.29 is 0 Å². The van der Waals surface area contributed by atoms with Crippen LogP contribution in [0.3, 0.4) is 0 Å². The van der Waals surface area contributed by atoms with Gasteiger partial charge in [0.1, 0.15) is 0 Å². The molecule has 66 valence electrons. The van der Waals surface area contributed by atoms with Gasteiger partial charge in [-0.15, -0.1) is 6.58 Å². The van der Waals surface area contributed by atoms with Gasteiger partial charge in [-0.2, -0.15) is 0 Å². The molecule has 0 atom stereocenters. The van der Waals surface area contributed by atoms with Crippen LogP contribution >= 0.6 is 0 Å². The van der Waals surface area contributed by atoms with Crippen molar-refractivity contribution in [3.63, 3.8) is 0 Å². The van der Waals surface area contributed by atoms with Gasteiger partial charge in [-0.05, 0) is 46.3 Å². The molecule has 0 spiro atoms. The first-order valence-corrected chi connectivity index (χ1v) is 4.49. The van der Waals surface area contributed by atoms with E-state index in [1.807, 2.05) is 0 Å². The topological polar surface area (TPSA) is 3.24 Å². The summed E-state index contributed by atoms with van der Waals surface area (Å²) in [4.78, 5) is 2.35. The molecule has 0 aromatic carbocycles. The number of hydrogen-bond donors (Lipinski definition) is 0. The first-order chi connectivity index (χ1) is 5.16. The van der Waals surface area contributed by atoms with Crippen LogP contribution in [0.25, 0.3) is 0 Å². The fourth-order valence-corrected chi connectivity index (χ4v) is 0.967. The third-order valence-corrected chi connectivity index (χ3v) is 1.93. The van der Waals surface area contributed by atoms with Gasteiger partial charge in [-0.3, -0.25) is 0 Å². The summed E-state index contributed by atoms with van der Waals surface area (Å²) >= 11 is 0. The summed E-state index contributed by atoms with van der Waals surface area (Å²) in [6.45, 7) is 10.6. The lowest BCUT2D eigenvalue weighted by Crippen LogP contribution is -2.18. The van der Waals surface area contributed by atoms with Crippen molar-refractivity contribution in [2.75, 3.05) is 20.1 Å². The summed E-state index contributed by atoms with van der Waals surface area (Å²) in [7, 11) is 2.17. The Hall–Kier alpha value is -0.300. The Bertz CT molecular complexity index is 107. The lowest BCUT2D eigenvalue weighted by atomic mass is 10.1. The highest BCUT2D eigenvalue weighted by Crippen LogP contribution is 2.03. The molecule has 0 saturated carbocycles. The van der Waals surface area contributed by atoms with Gasteiger partial charge >= 0.3 is 0 Å². The van der Waals surface area contributed by atoms with Gasteiger partial charge in [-0.25, -0.2) is 0 Å². The second-order valence-corrected chi connectivity index (χ2v) is 3.31. The van der Waals surface area contributed by atoms with Gasteiger partial charge in [0.2, 0.25) is 0 Å². The average molecular weight is 155 g/mol. The highest BCUT2D eigenvalue weighted by Gasteiger charge is 1.93. The molecule has 0 aromatic heterocycles. The Labute approximate surface area is 71.1 Å². The zero-order valence-electron chi connectivity index (χ0n) is 8.19. The first kappa shape index (κ1) is 10.7. The molecule has 1 heteroatoms. The minimum absolute atomic E-state index is 1.16. The lowest BCUT2D eigenvalue weighted by Gasteiger charge is -2.12. The molecule has 0 saturated heterocycles. The normalized spacial score (nSPS) is 10.5. The van der Waals surface area contributed by atoms with Crippen LogP contribution in [0.5, 0.6) is 0 Å². The fraction of sp³-hybridized carbons (Fsp3) is 0.800. The van der Waals surface area contributed by atoms with Crippen LogP contribution in [-0.4, -0.2) is 25.0 Å². The highest BCUT2D eigenvalue weighted by molar-refractivity contribution is 4.87. The van der Waals surface area contributed by atoms with E-state index in [1.165, 1.54) is 31.4 Å². The Morgan fingerprint density at radius 1 is 1.36 bits per heavy atom. The van der Waals surface area contributed by atoms with Crippen LogP contribution in [0.15, 0.2) is 12.2 Å². The van der Waals surface area contributed by atoms with Gasteiger partial charge in [0.05, 0.1) is 0 Å². The summed E-state index contributed by atoms with van der Waals surface area (Å²) in [6.07, 6.45) is 3.79. The third-order valence-electron chi connectivity index (χ3n) is 1.93. The molecule has 0 aromatic rings. The predicted octanol–water partition coefficient (Wildman–Crippen LogP) is 2.68. The minimum atomic E-state index is 1.16. The van der Waals surface area contributed by atoms with E-state index in [9.17, 15) is 0 Å². The van der Waals surface area contributed by atoms with Crippen molar-refractivity contribution in [1.82, 2.24) is 4.90 Å². The van der Waals surface area contributed by atoms with E-state index in [1.54, 1.807) is 0 Å². The molecule has 0 aliphatic heterocycles. The van der Waals surface area contributed by atoms with Crippen molar-refractivity contribution in [2.45, 2.75) is 33.1 Å². The second-order valence-electron chi connectivity index (χ2n) is 3.31. The zero-order chi connectivity index (χ0) is 8.69. The van der Waals surface area contributed by atoms with Crippen molar-refractivity contribution in [2.24, 2.45) is 0 Å². The SMILES string of the molecule is C=C(C)CCCCN(C)CC. The Morgan fingerprint density at radius 3 is 2.45 bits per heavy atom. The monoisotopic (exact) mass is 155 g/mol. The van der Waals surface area contributed by atoms with Gasteiger partial charge in [0.25, 0.3) is 0 Å². The van der Waals surface area contributed by atoms with Crippen molar-refractivity contribution in [1.29, 1.82) is 0 Å². The van der Waals surface area contributed by atoms with Crippen LogP contribution in [0.4, 0.5) is 0 Å². The van der Waals surface area contributed by atoms with Crippen molar-refractivity contribution in [3.8, 4) is 0 Å². The first-order valence-electron chi connectivity index (χ1n) is 4.49. The number of allylic oxidation sites excluding steroid dienone is 1. The van der Waals surface area contributed by atoms with E-state index in [4.69, 9.17) is 0 Å². The van der Waals surface area contributed by atoms with E-state index in [0.29, 0.717) is 0 Å². The van der Waals surface area contributed by atoms with Crippen LogP contribution < -0.4 is 0 Å².